The number of rotatable bonds is 13. The molecular weight excluding hydrogens is 602 g/mol. The number of carboxylic acid groups (broad SMARTS) is 2. The van der Waals surface area contributed by atoms with Gasteiger partial charge in [0, 0.05) is 6.42 Å². The van der Waals surface area contributed by atoms with Crippen LogP contribution in [0.4, 0.5) is 26.3 Å². The number of carbonyl (C=O) groups is 3. The molecule has 1 fully saturated rings. The Bertz CT molecular complexity index is 923. The Morgan fingerprint density at radius 3 is 1.95 bits per heavy atom. The van der Waals surface area contributed by atoms with Crippen molar-refractivity contribution in [2.24, 2.45) is 5.92 Å². The van der Waals surface area contributed by atoms with Crippen molar-refractivity contribution in [2.75, 3.05) is 13.2 Å². The van der Waals surface area contributed by atoms with Crippen LogP contribution in [0, 0.1) is 5.92 Å². The highest BCUT2D eigenvalue weighted by Gasteiger charge is 2.52. The molecule has 0 aromatic heterocycles. The normalized spacial score (nSPS) is 24.0. The smallest absolute Gasteiger partial charge is 0.430 e. The maximum atomic E-state index is 12.8. The van der Waals surface area contributed by atoms with Crippen molar-refractivity contribution < 1.29 is 66.0 Å². The number of halogens is 6. The fourth-order valence-corrected chi connectivity index (χ4v) is 5.70. The number of quaternary nitrogens is 1. The number of nitrogens with zero attached hydrogens (tertiary/aromatic N) is 1. The van der Waals surface area contributed by atoms with Gasteiger partial charge >= 0.3 is 24.3 Å². The minimum Gasteiger partial charge on any atom is -0.542 e. The summed E-state index contributed by atoms with van der Waals surface area (Å²) in [6.45, 7) is 5.85. The van der Waals surface area contributed by atoms with Crippen molar-refractivity contribution in [1.29, 1.82) is 0 Å². The quantitative estimate of drug-likeness (QED) is 0.116. The summed E-state index contributed by atoms with van der Waals surface area (Å²) in [7, 11) is 0. The molecule has 44 heavy (non-hydrogen) atoms. The number of esters is 1. The van der Waals surface area contributed by atoms with Gasteiger partial charge in [0.25, 0.3) is 0 Å². The molecule has 0 saturated carbocycles. The molecule has 16 heteroatoms. The van der Waals surface area contributed by atoms with Gasteiger partial charge in [0.1, 0.15) is 17.9 Å². The standard InChI is InChI=1S/C24H44N4O2.2C2HF3O2/c1-3-4-5-6-7-8-9-12-19-17-20-13-14-21-22(23(29)30-16-11-10-15-25)18(2)26-24(27-19)28(20)21;2*3-2(4,5)1(6)7/h18-22H,3-17,25H2,1-2H3,(H,26,27);2*(H,6,7)/t18-,19+,20-,21-,22+;;/m0../s1. The number of hydrogen-bond acceptors (Lipinski definition) is 8. The minimum absolute atomic E-state index is 0.0195. The second kappa shape index (κ2) is 18.9. The van der Waals surface area contributed by atoms with Crippen molar-refractivity contribution in [2.45, 2.75) is 134 Å². The second-order valence-corrected chi connectivity index (χ2v) is 11.3. The molecule has 256 valence electrons. The van der Waals surface area contributed by atoms with Crippen LogP contribution >= 0.6 is 0 Å². The number of aliphatic carboxylic acids is 2. The number of carbonyl (C=O) groups excluding carboxylic acids is 3. The Balaban J connectivity index is 0.000000574. The molecule has 0 unspecified atom stereocenters. The fraction of sp³-hybridized carbons (Fsp3) is 0.857. The predicted octanol–water partition coefficient (Wildman–Crippen LogP) is 1.16. The molecule has 5 N–H and O–H groups in total. The molecule has 3 aliphatic rings. The Kier molecular flexibility index (Phi) is 16.9. The monoisotopic (exact) mass is 648 g/mol. The van der Waals surface area contributed by atoms with Crippen LogP contribution in [0.15, 0.2) is 0 Å². The van der Waals surface area contributed by atoms with Gasteiger partial charge in [-0.2, -0.15) is 26.3 Å². The van der Waals surface area contributed by atoms with E-state index in [9.17, 15) is 31.1 Å². The number of guanidine groups is 1. The van der Waals surface area contributed by atoms with Gasteiger partial charge < -0.3 is 30.3 Å². The fourth-order valence-electron chi connectivity index (χ4n) is 5.70. The summed E-state index contributed by atoms with van der Waals surface area (Å²) < 4.78 is 71.2. The lowest BCUT2D eigenvalue weighted by atomic mass is 9.89. The molecular formula is C28H46F6N4O6. The van der Waals surface area contributed by atoms with Crippen molar-refractivity contribution in [3.8, 4) is 0 Å². The summed E-state index contributed by atoms with van der Waals surface area (Å²) in [5, 5.41) is 25.0. The van der Waals surface area contributed by atoms with E-state index < -0.39 is 24.3 Å². The van der Waals surface area contributed by atoms with Gasteiger partial charge in [-0.05, 0) is 39.0 Å². The lowest BCUT2D eigenvalue weighted by Crippen LogP contribution is -2.66. The number of carboxylic acids is 2. The van der Waals surface area contributed by atoms with Crippen molar-refractivity contribution in [3.63, 3.8) is 0 Å². The molecule has 0 radical (unpaired) electrons. The summed E-state index contributed by atoms with van der Waals surface area (Å²) in [6.07, 6.45) is 5.89. The van der Waals surface area contributed by atoms with E-state index in [0.717, 1.165) is 25.8 Å². The first-order valence-electron chi connectivity index (χ1n) is 15.2. The van der Waals surface area contributed by atoms with Crippen LogP contribution in [-0.4, -0.2) is 78.1 Å². The molecule has 10 nitrogen and oxygen atoms in total. The van der Waals surface area contributed by atoms with E-state index in [2.05, 4.69) is 34.8 Å². The summed E-state index contributed by atoms with van der Waals surface area (Å²) in [4.78, 5) is 30.4. The molecule has 3 aliphatic heterocycles. The Hall–Kier alpha value is -2.78. The van der Waals surface area contributed by atoms with Gasteiger partial charge in [-0.25, -0.2) is 0 Å². The van der Waals surface area contributed by atoms with Gasteiger partial charge in [-0.1, -0.05) is 51.9 Å². The zero-order valence-corrected chi connectivity index (χ0v) is 25.4. The lowest BCUT2D eigenvalue weighted by molar-refractivity contribution is -0.598. The first-order chi connectivity index (χ1) is 20.5. The molecule has 1 saturated heterocycles. The Morgan fingerprint density at radius 1 is 0.886 bits per heavy atom. The summed E-state index contributed by atoms with van der Waals surface area (Å²) in [6, 6.07) is 1.54. The molecule has 0 aromatic rings. The van der Waals surface area contributed by atoms with Crippen LogP contribution < -0.4 is 26.6 Å². The third-order valence-electron chi connectivity index (χ3n) is 7.80. The topological polar surface area (TPSA) is 161 Å². The average molecular weight is 649 g/mol. The third kappa shape index (κ3) is 13.5. The third-order valence-corrected chi connectivity index (χ3v) is 7.80. The summed E-state index contributed by atoms with van der Waals surface area (Å²) in [5.41, 5.74) is 3.86. The zero-order valence-electron chi connectivity index (χ0n) is 25.4. The maximum Gasteiger partial charge on any atom is 0.430 e. The second-order valence-electron chi connectivity index (χ2n) is 11.3. The SMILES string of the molecule is CCCCCCCCC[C@@H]1C[C@@H]2CC[C@H]3[C@H](C(=O)OCCCC[NH3+])[C@H](C)NC(=[N+]23)N1.O=C([O-])C(F)(F)F.O=C([O-])C(F)(F)F. The van der Waals surface area contributed by atoms with E-state index in [-0.39, 0.29) is 24.0 Å². The lowest BCUT2D eigenvalue weighted by Gasteiger charge is -2.38. The van der Waals surface area contributed by atoms with Crippen LogP contribution in [0.3, 0.4) is 0 Å². The Labute approximate surface area is 253 Å². The van der Waals surface area contributed by atoms with Gasteiger partial charge in [0.2, 0.25) is 0 Å². The highest BCUT2D eigenvalue weighted by molar-refractivity contribution is 5.81. The molecule has 3 rings (SSSR count). The number of hydrogen-bond donors (Lipinski definition) is 3. The maximum absolute atomic E-state index is 12.8. The van der Waals surface area contributed by atoms with Crippen LogP contribution in [0.1, 0.15) is 97.3 Å². The van der Waals surface area contributed by atoms with Crippen LogP contribution in [0.25, 0.3) is 0 Å². The minimum atomic E-state index is -5.19. The van der Waals surface area contributed by atoms with Crippen LogP contribution in [-0.2, 0) is 19.1 Å². The van der Waals surface area contributed by atoms with E-state index in [0.29, 0.717) is 18.7 Å². The van der Waals surface area contributed by atoms with Gasteiger partial charge in [0.15, 0.2) is 0 Å². The van der Waals surface area contributed by atoms with E-state index >= 15 is 0 Å². The van der Waals surface area contributed by atoms with E-state index in [1.165, 1.54) is 70.2 Å². The first-order valence-corrected chi connectivity index (χ1v) is 15.2. The molecule has 0 aromatic carbocycles. The molecule has 0 spiro atoms. The average Bonchev–Trinajstić information content (AvgIpc) is 3.34. The predicted molar refractivity (Wildman–Crippen MR) is 142 cm³/mol. The number of ether oxygens (including phenoxy) is 1. The van der Waals surface area contributed by atoms with Gasteiger partial charge in [0.05, 0.1) is 37.3 Å². The first kappa shape index (κ1) is 39.2. The Morgan fingerprint density at radius 2 is 1.43 bits per heavy atom. The largest absolute Gasteiger partial charge is 0.542 e. The highest BCUT2D eigenvalue weighted by Crippen LogP contribution is 2.35. The van der Waals surface area contributed by atoms with E-state index in [1.54, 1.807) is 0 Å². The van der Waals surface area contributed by atoms with E-state index in [1.807, 2.05) is 0 Å². The van der Waals surface area contributed by atoms with Crippen molar-refractivity contribution in [1.82, 2.24) is 10.6 Å². The van der Waals surface area contributed by atoms with Crippen molar-refractivity contribution in [3.05, 3.63) is 0 Å². The van der Waals surface area contributed by atoms with Crippen LogP contribution in [0.5, 0.6) is 0 Å². The summed E-state index contributed by atoms with van der Waals surface area (Å²) >= 11 is 0. The summed E-state index contributed by atoms with van der Waals surface area (Å²) in [5.74, 6) is -4.93. The molecule has 3 heterocycles. The highest BCUT2D eigenvalue weighted by atomic mass is 19.4. The van der Waals surface area contributed by atoms with Gasteiger partial charge in [-0.15, -0.1) is 0 Å². The van der Waals surface area contributed by atoms with Crippen LogP contribution in [0.2, 0.25) is 0 Å². The number of unbranched alkanes of at least 4 members (excludes halogenated alkanes) is 7. The number of nitrogens with one attached hydrogen (secondary N) is 2. The molecule has 0 amide bonds. The zero-order chi connectivity index (χ0) is 33.5. The molecule has 0 aliphatic carbocycles. The number of alkyl halides is 6. The van der Waals surface area contributed by atoms with Crippen molar-refractivity contribution >= 4 is 23.9 Å². The molecule has 0 bridgehead atoms. The van der Waals surface area contributed by atoms with E-state index in [4.69, 9.17) is 24.5 Å². The molecule has 5 atom stereocenters. The van der Waals surface area contributed by atoms with Gasteiger partial charge in [-0.3, -0.25) is 20.0 Å².